The molecule has 1 aromatic rings. The highest BCUT2D eigenvalue weighted by Crippen LogP contribution is 2.26. The van der Waals surface area contributed by atoms with Gasteiger partial charge in [-0.05, 0) is 51.1 Å². The summed E-state index contributed by atoms with van der Waals surface area (Å²) in [6.07, 6.45) is 7.62. The number of hydrogen-bond donors (Lipinski definition) is 1. The fraction of sp³-hybridized carbons (Fsp3) is 0.857. The third-order valence-electron chi connectivity index (χ3n) is 4.55. The van der Waals surface area contributed by atoms with Gasteiger partial charge in [0.15, 0.2) is 0 Å². The molecular weight excluding hydrogens is 224 g/mol. The molecule has 1 atom stereocenters. The molecule has 1 saturated heterocycles. The maximum atomic E-state index is 4.43. The molecule has 0 aliphatic carbocycles. The van der Waals surface area contributed by atoms with Crippen LogP contribution in [0, 0.1) is 5.92 Å². The minimum Gasteiger partial charge on any atom is -0.317 e. The van der Waals surface area contributed by atoms with Crippen LogP contribution >= 0.6 is 0 Å². The van der Waals surface area contributed by atoms with Crippen LogP contribution in [0.3, 0.4) is 0 Å². The lowest BCUT2D eigenvalue weighted by Gasteiger charge is -2.23. The highest BCUT2D eigenvalue weighted by Gasteiger charge is 2.22. The second-order valence-electron chi connectivity index (χ2n) is 5.90. The average molecular weight is 248 g/mol. The summed E-state index contributed by atoms with van der Waals surface area (Å²) in [6.45, 7) is 5.80. The van der Waals surface area contributed by atoms with Crippen molar-refractivity contribution in [2.24, 2.45) is 5.92 Å². The van der Waals surface area contributed by atoms with E-state index < -0.39 is 0 Å². The molecule has 4 nitrogen and oxygen atoms in total. The molecule has 0 aromatic carbocycles. The first kappa shape index (κ1) is 12.2. The van der Waals surface area contributed by atoms with Gasteiger partial charge in [-0.1, -0.05) is 6.92 Å². The minimum atomic E-state index is 0.596. The standard InChI is InChI=1S/C14H24N4/c1-11-3-2-10-18-13(16-17-14(11)18)5-4-12-6-8-15-9-7-12/h11-12,15H,2-10H2,1H3. The van der Waals surface area contributed by atoms with Crippen molar-refractivity contribution in [2.45, 2.75) is 57.9 Å². The molecule has 4 heteroatoms. The number of piperidine rings is 1. The normalized spacial score (nSPS) is 25.1. The number of hydrogen-bond acceptors (Lipinski definition) is 3. The molecule has 0 spiro atoms. The Hall–Kier alpha value is -0.900. The quantitative estimate of drug-likeness (QED) is 0.891. The van der Waals surface area contributed by atoms with Gasteiger partial charge in [0.2, 0.25) is 0 Å². The van der Waals surface area contributed by atoms with E-state index in [1.54, 1.807) is 0 Å². The van der Waals surface area contributed by atoms with Crippen LogP contribution in [0.15, 0.2) is 0 Å². The van der Waals surface area contributed by atoms with Gasteiger partial charge in [0.25, 0.3) is 0 Å². The Labute approximate surface area is 109 Å². The Kier molecular flexibility index (Phi) is 3.64. The fourth-order valence-electron chi connectivity index (χ4n) is 3.33. The Bertz CT molecular complexity index is 392. The zero-order valence-electron chi connectivity index (χ0n) is 11.4. The summed E-state index contributed by atoms with van der Waals surface area (Å²) in [7, 11) is 0. The Morgan fingerprint density at radius 2 is 2.06 bits per heavy atom. The molecule has 2 aliphatic heterocycles. The zero-order valence-corrected chi connectivity index (χ0v) is 11.4. The Balaban J connectivity index is 1.62. The SMILES string of the molecule is CC1CCCn2c(CCC3CCNCC3)nnc21. The molecule has 18 heavy (non-hydrogen) atoms. The van der Waals surface area contributed by atoms with Crippen molar-refractivity contribution in [1.82, 2.24) is 20.1 Å². The molecule has 0 amide bonds. The van der Waals surface area contributed by atoms with Gasteiger partial charge < -0.3 is 9.88 Å². The largest absolute Gasteiger partial charge is 0.317 e. The summed E-state index contributed by atoms with van der Waals surface area (Å²) in [5.74, 6) is 3.94. The van der Waals surface area contributed by atoms with Crippen molar-refractivity contribution in [3.63, 3.8) is 0 Å². The predicted octanol–water partition coefficient (Wildman–Crippen LogP) is 2.11. The van der Waals surface area contributed by atoms with Crippen molar-refractivity contribution in [1.29, 1.82) is 0 Å². The summed E-state index contributed by atoms with van der Waals surface area (Å²) in [4.78, 5) is 0. The maximum Gasteiger partial charge on any atom is 0.135 e. The number of rotatable bonds is 3. The highest BCUT2D eigenvalue weighted by atomic mass is 15.3. The van der Waals surface area contributed by atoms with Gasteiger partial charge in [0.1, 0.15) is 11.6 Å². The monoisotopic (exact) mass is 248 g/mol. The lowest BCUT2D eigenvalue weighted by Crippen LogP contribution is -2.28. The van der Waals surface area contributed by atoms with E-state index in [9.17, 15) is 0 Å². The Morgan fingerprint density at radius 1 is 1.22 bits per heavy atom. The fourth-order valence-corrected chi connectivity index (χ4v) is 3.33. The molecule has 3 heterocycles. The maximum absolute atomic E-state index is 4.43. The molecule has 1 aromatic heterocycles. The molecule has 2 aliphatic rings. The van der Waals surface area contributed by atoms with E-state index in [-0.39, 0.29) is 0 Å². The summed E-state index contributed by atoms with van der Waals surface area (Å²) in [5.41, 5.74) is 0. The van der Waals surface area contributed by atoms with Gasteiger partial charge in [-0.15, -0.1) is 10.2 Å². The second kappa shape index (κ2) is 5.39. The van der Waals surface area contributed by atoms with E-state index in [2.05, 4.69) is 27.0 Å². The summed E-state index contributed by atoms with van der Waals surface area (Å²) in [5, 5.41) is 12.3. The van der Waals surface area contributed by atoms with E-state index >= 15 is 0 Å². The molecule has 0 bridgehead atoms. The molecular formula is C14H24N4. The number of nitrogens with one attached hydrogen (secondary N) is 1. The first-order valence-corrected chi connectivity index (χ1v) is 7.47. The van der Waals surface area contributed by atoms with Crippen LogP contribution in [-0.4, -0.2) is 27.9 Å². The van der Waals surface area contributed by atoms with E-state index in [0.717, 1.165) is 18.9 Å². The van der Waals surface area contributed by atoms with Gasteiger partial charge in [-0.25, -0.2) is 0 Å². The molecule has 3 rings (SSSR count). The van der Waals surface area contributed by atoms with E-state index in [0.29, 0.717) is 5.92 Å². The first-order valence-electron chi connectivity index (χ1n) is 7.47. The van der Waals surface area contributed by atoms with Gasteiger partial charge in [0.05, 0.1) is 0 Å². The van der Waals surface area contributed by atoms with Gasteiger partial charge >= 0.3 is 0 Å². The van der Waals surface area contributed by atoms with Crippen molar-refractivity contribution in [3.8, 4) is 0 Å². The summed E-state index contributed by atoms with van der Waals surface area (Å²) < 4.78 is 2.38. The summed E-state index contributed by atoms with van der Waals surface area (Å²) in [6, 6.07) is 0. The average Bonchev–Trinajstić information content (AvgIpc) is 2.82. The van der Waals surface area contributed by atoms with Gasteiger partial charge in [-0.3, -0.25) is 0 Å². The smallest absolute Gasteiger partial charge is 0.135 e. The molecule has 1 N–H and O–H groups in total. The van der Waals surface area contributed by atoms with Gasteiger partial charge in [0, 0.05) is 18.9 Å². The molecule has 1 unspecified atom stereocenters. The third kappa shape index (κ3) is 2.44. The number of fused-ring (bicyclic) bond motifs is 1. The van der Waals surface area contributed by atoms with Crippen molar-refractivity contribution < 1.29 is 0 Å². The van der Waals surface area contributed by atoms with Crippen molar-refractivity contribution in [3.05, 3.63) is 11.6 Å². The number of aryl methyl sites for hydroxylation is 1. The number of aromatic nitrogens is 3. The van der Waals surface area contributed by atoms with Crippen LogP contribution in [0.4, 0.5) is 0 Å². The molecule has 0 saturated carbocycles. The molecule has 0 radical (unpaired) electrons. The minimum absolute atomic E-state index is 0.596. The van der Waals surface area contributed by atoms with Crippen LogP contribution in [0.2, 0.25) is 0 Å². The zero-order chi connectivity index (χ0) is 12.4. The van der Waals surface area contributed by atoms with Crippen LogP contribution in [-0.2, 0) is 13.0 Å². The molecule has 1 fully saturated rings. The topological polar surface area (TPSA) is 42.7 Å². The van der Waals surface area contributed by atoms with Crippen molar-refractivity contribution >= 4 is 0 Å². The highest BCUT2D eigenvalue weighted by molar-refractivity contribution is 5.04. The second-order valence-corrected chi connectivity index (χ2v) is 5.90. The first-order chi connectivity index (χ1) is 8.84. The molecule has 100 valence electrons. The lowest BCUT2D eigenvalue weighted by molar-refractivity contribution is 0.348. The van der Waals surface area contributed by atoms with Gasteiger partial charge in [-0.2, -0.15) is 0 Å². The third-order valence-corrected chi connectivity index (χ3v) is 4.55. The van der Waals surface area contributed by atoms with E-state index in [4.69, 9.17) is 0 Å². The van der Waals surface area contributed by atoms with Crippen LogP contribution < -0.4 is 5.32 Å². The van der Waals surface area contributed by atoms with Crippen LogP contribution in [0.5, 0.6) is 0 Å². The van der Waals surface area contributed by atoms with E-state index in [1.165, 1.54) is 56.8 Å². The van der Waals surface area contributed by atoms with E-state index in [1.807, 2.05) is 0 Å². The summed E-state index contributed by atoms with van der Waals surface area (Å²) >= 11 is 0. The van der Waals surface area contributed by atoms with Crippen molar-refractivity contribution in [2.75, 3.05) is 13.1 Å². The van der Waals surface area contributed by atoms with Crippen LogP contribution in [0.25, 0.3) is 0 Å². The Morgan fingerprint density at radius 3 is 2.89 bits per heavy atom. The van der Waals surface area contributed by atoms with Crippen LogP contribution in [0.1, 0.15) is 56.6 Å². The lowest BCUT2D eigenvalue weighted by atomic mass is 9.93. The predicted molar refractivity (Wildman–Crippen MR) is 71.6 cm³/mol. The number of nitrogens with zero attached hydrogens (tertiary/aromatic N) is 3.